The number of aliphatic carboxylic acids is 1. The summed E-state index contributed by atoms with van der Waals surface area (Å²) in [5, 5.41) is 8.92. The van der Waals surface area contributed by atoms with E-state index in [2.05, 4.69) is 0 Å². The number of carbonyl (C=O) groups is 3. The van der Waals surface area contributed by atoms with Crippen molar-refractivity contribution in [2.24, 2.45) is 0 Å². The summed E-state index contributed by atoms with van der Waals surface area (Å²) in [5.41, 5.74) is 0.734. The van der Waals surface area contributed by atoms with Gasteiger partial charge in [0.1, 0.15) is 0 Å². The third kappa shape index (κ3) is 3.85. The van der Waals surface area contributed by atoms with Gasteiger partial charge in [0.25, 0.3) is 0 Å². The van der Waals surface area contributed by atoms with Gasteiger partial charge in [-0.3, -0.25) is 9.59 Å². The van der Waals surface area contributed by atoms with Crippen LogP contribution in [0.5, 0.6) is 0 Å². The molecule has 18 heavy (non-hydrogen) atoms. The van der Waals surface area contributed by atoms with Crippen LogP contribution >= 0.6 is 11.6 Å². The molecule has 1 aromatic carbocycles. The fourth-order valence-corrected chi connectivity index (χ4v) is 1.51. The number of ketones is 1. The highest BCUT2D eigenvalue weighted by molar-refractivity contribution is 6.36. The van der Waals surface area contributed by atoms with Gasteiger partial charge in [0.05, 0.1) is 6.42 Å². The maximum absolute atomic E-state index is 11.6. The second-order valence-corrected chi connectivity index (χ2v) is 4.15. The van der Waals surface area contributed by atoms with Crippen molar-refractivity contribution in [2.45, 2.75) is 13.0 Å². The van der Waals surface area contributed by atoms with Crippen LogP contribution in [0.2, 0.25) is 5.02 Å². The highest BCUT2D eigenvalue weighted by atomic mass is 35.5. The Morgan fingerprint density at radius 3 is 2.44 bits per heavy atom. The van der Waals surface area contributed by atoms with Crippen LogP contribution in [0.25, 0.3) is 0 Å². The van der Waals surface area contributed by atoms with Crippen LogP contribution in [0.3, 0.4) is 0 Å². The Hall–Kier alpha value is -1.88. The van der Waals surface area contributed by atoms with Gasteiger partial charge in [-0.15, -0.1) is 0 Å². The van der Waals surface area contributed by atoms with Gasteiger partial charge in [-0.05, 0) is 11.6 Å². The van der Waals surface area contributed by atoms with Crippen molar-refractivity contribution in [3.8, 4) is 0 Å². The van der Waals surface area contributed by atoms with Crippen LogP contribution in [-0.4, -0.2) is 34.7 Å². The van der Waals surface area contributed by atoms with Gasteiger partial charge in [0, 0.05) is 18.6 Å². The number of nitrogens with zero attached hydrogens (tertiary/aromatic N) is 1. The molecule has 0 bridgehead atoms. The quantitative estimate of drug-likeness (QED) is 0.647. The van der Waals surface area contributed by atoms with Crippen molar-refractivity contribution >= 4 is 29.3 Å². The molecule has 0 atom stereocenters. The number of rotatable bonds is 5. The van der Waals surface area contributed by atoms with Gasteiger partial charge in [-0.2, -0.15) is 0 Å². The maximum Gasteiger partial charge on any atom is 0.372 e. The zero-order valence-corrected chi connectivity index (χ0v) is 10.5. The van der Waals surface area contributed by atoms with Gasteiger partial charge in [-0.25, -0.2) is 4.79 Å². The summed E-state index contributed by atoms with van der Waals surface area (Å²) < 4.78 is 0. The second-order valence-electron chi connectivity index (χ2n) is 3.75. The number of Topliss-reactive ketones (excluding diaryl/α,β-unsaturated/α-hetero) is 1. The molecular formula is C12H12ClNO4. The molecule has 0 radical (unpaired) electrons. The van der Waals surface area contributed by atoms with Crippen LogP contribution in [0.15, 0.2) is 24.3 Å². The number of carboxylic acid groups (broad SMARTS) is 1. The summed E-state index contributed by atoms with van der Waals surface area (Å²) in [5.74, 6) is -3.28. The minimum atomic E-state index is -1.60. The maximum atomic E-state index is 11.6. The number of amides is 1. The fraction of sp³-hybridized carbons (Fsp3) is 0.250. The third-order valence-electron chi connectivity index (χ3n) is 2.34. The van der Waals surface area contributed by atoms with Crippen LogP contribution < -0.4 is 0 Å². The summed E-state index contributed by atoms with van der Waals surface area (Å²) in [4.78, 5) is 34.1. The molecule has 1 rings (SSSR count). The minimum absolute atomic E-state index is 0.228. The monoisotopic (exact) mass is 269 g/mol. The lowest BCUT2D eigenvalue weighted by Crippen LogP contribution is -2.30. The Morgan fingerprint density at radius 1 is 1.28 bits per heavy atom. The average molecular weight is 270 g/mol. The van der Waals surface area contributed by atoms with Crippen LogP contribution in [-0.2, 0) is 20.9 Å². The first-order valence-electron chi connectivity index (χ1n) is 5.15. The van der Waals surface area contributed by atoms with Gasteiger partial charge >= 0.3 is 5.97 Å². The molecule has 96 valence electrons. The van der Waals surface area contributed by atoms with Crippen molar-refractivity contribution in [1.82, 2.24) is 4.90 Å². The van der Waals surface area contributed by atoms with Gasteiger partial charge in [0.15, 0.2) is 0 Å². The normalized spacial score (nSPS) is 9.89. The highest BCUT2D eigenvalue weighted by Crippen LogP contribution is 2.16. The Labute approximate surface area is 109 Å². The summed E-state index contributed by atoms with van der Waals surface area (Å²) in [6.45, 7) is 0.228. The van der Waals surface area contributed by atoms with E-state index in [0.29, 0.717) is 5.02 Å². The van der Waals surface area contributed by atoms with Crippen LogP contribution in [0.4, 0.5) is 0 Å². The molecule has 0 heterocycles. The van der Waals surface area contributed by atoms with E-state index in [1.54, 1.807) is 24.3 Å². The molecule has 0 aliphatic carbocycles. The predicted molar refractivity (Wildman–Crippen MR) is 65.2 cm³/mol. The largest absolute Gasteiger partial charge is 0.475 e. The van der Waals surface area contributed by atoms with Crippen molar-refractivity contribution in [3.05, 3.63) is 34.9 Å². The third-order valence-corrected chi connectivity index (χ3v) is 2.71. The zero-order valence-electron chi connectivity index (χ0n) is 9.72. The van der Waals surface area contributed by atoms with Crippen molar-refractivity contribution in [2.75, 3.05) is 7.05 Å². The first kappa shape index (κ1) is 14.2. The van der Waals surface area contributed by atoms with Crippen LogP contribution in [0.1, 0.15) is 12.0 Å². The number of carbonyl (C=O) groups excluding carboxylic acids is 2. The van der Waals surface area contributed by atoms with E-state index >= 15 is 0 Å². The van der Waals surface area contributed by atoms with E-state index in [0.717, 1.165) is 5.56 Å². The molecule has 0 saturated heterocycles. The number of benzene rings is 1. The summed E-state index contributed by atoms with van der Waals surface area (Å²) >= 11 is 5.93. The van der Waals surface area contributed by atoms with E-state index < -0.39 is 24.1 Å². The summed E-state index contributed by atoms with van der Waals surface area (Å²) in [6.07, 6.45) is -0.643. The number of carboxylic acids is 1. The first-order valence-corrected chi connectivity index (χ1v) is 5.53. The van der Waals surface area contributed by atoms with Gasteiger partial charge in [0.2, 0.25) is 11.7 Å². The lowest BCUT2D eigenvalue weighted by Gasteiger charge is -2.17. The molecule has 0 aliphatic rings. The summed E-state index contributed by atoms with van der Waals surface area (Å²) in [7, 11) is 1.49. The fourth-order valence-electron chi connectivity index (χ4n) is 1.32. The first-order chi connectivity index (χ1) is 8.41. The highest BCUT2D eigenvalue weighted by Gasteiger charge is 2.19. The Morgan fingerprint density at radius 2 is 1.89 bits per heavy atom. The molecule has 0 unspecified atom stereocenters. The number of hydrogen-bond acceptors (Lipinski definition) is 3. The topological polar surface area (TPSA) is 74.7 Å². The molecule has 1 aromatic rings. The van der Waals surface area contributed by atoms with Crippen molar-refractivity contribution < 1.29 is 19.5 Å². The minimum Gasteiger partial charge on any atom is -0.475 e. The van der Waals surface area contributed by atoms with E-state index in [1.807, 2.05) is 0 Å². The van der Waals surface area contributed by atoms with E-state index in [-0.39, 0.29) is 6.54 Å². The zero-order chi connectivity index (χ0) is 13.7. The average Bonchev–Trinajstić information content (AvgIpc) is 2.31. The van der Waals surface area contributed by atoms with Crippen molar-refractivity contribution in [1.29, 1.82) is 0 Å². The molecule has 0 fully saturated rings. The Balaban J connectivity index is 2.63. The standard InChI is InChI=1S/C12H12ClNO4/c1-14(11(16)6-10(15)12(17)18)7-8-4-2-3-5-9(8)13/h2-5H,6-7H2,1H3,(H,17,18). The predicted octanol–water partition coefficient (Wildman–Crippen LogP) is 1.34. The molecule has 5 nitrogen and oxygen atoms in total. The van der Waals surface area contributed by atoms with Crippen LogP contribution in [0, 0.1) is 0 Å². The lowest BCUT2D eigenvalue weighted by molar-refractivity contribution is -0.151. The van der Waals surface area contributed by atoms with Gasteiger partial charge < -0.3 is 10.0 Å². The Bertz CT molecular complexity index is 487. The van der Waals surface area contributed by atoms with E-state index in [1.165, 1.54) is 11.9 Å². The lowest BCUT2D eigenvalue weighted by atomic mass is 10.2. The molecule has 1 N–H and O–H groups in total. The van der Waals surface area contributed by atoms with Gasteiger partial charge in [-0.1, -0.05) is 29.8 Å². The Kier molecular flexibility index (Phi) is 4.85. The number of halogens is 1. The molecule has 1 amide bonds. The van der Waals surface area contributed by atoms with Crippen molar-refractivity contribution in [3.63, 3.8) is 0 Å². The smallest absolute Gasteiger partial charge is 0.372 e. The second kappa shape index (κ2) is 6.16. The molecule has 0 aliphatic heterocycles. The number of hydrogen-bond donors (Lipinski definition) is 1. The molecule has 6 heteroatoms. The molecule has 0 spiro atoms. The van der Waals surface area contributed by atoms with E-state index in [4.69, 9.17) is 16.7 Å². The molecular weight excluding hydrogens is 258 g/mol. The SMILES string of the molecule is CN(Cc1ccccc1Cl)C(=O)CC(=O)C(=O)O. The molecule has 0 aromatic heterocycles. The molecule has 0 saturated carbocycles. The van der Waals surface area contributed by atoms with E-state index in [9.17, 15) is 14.4 Å². The summed E-state index contributed by atoms with van der Waals surface area (Å²) in [6, 6.07) is 6.99.